The maximum Gasteiger partial charge on any atom is 0.416 e. The Hall–Kier alpha value is -2.34. The monoisotopic (exact) mass is 490 g/mol. The van der Waals surface area contributed by atoms with Gasteiger partial charge < -0.3 is 15.1 Å². The normalized spacial score (nSPS) is 18.6. The van der Waals surface area contributed by atoms with E-state index in [2.05, 4.69) is 5.32 Å². The number of nitrogens with zero attached hydrogens (tertiary/aromatic N) is 3. The summed E-state index contributed by atoms with van der Waals surface area (Å²) in [6.07, 6.45) is -0.212. The summed E-state index contributed by atoms with van der Waals surface area (Å²) in [6, 6.07) is 3.24. The number of benzene rings is 1. The highest BCUT2D eigenvalue weighted by Crippen LogP contribution is 2.31. The summed E-state index contributed by atoms with van der Waals surface area (Å²) in [5, 5.41) is 2.69. The van der Waals surface area contributed by atoms with Gasteiger partial charge in [-0.1, -0.05) is 18.9 Å². The van der Waals surface area contributed by atoms with Crippen LogP contribution < -0.4 is 5.32 Å². The molecule has 8 nitrogen and oxygen atoms in total. The van der Waals surface area contributed by atoms with Gasteiger partial charge in [-0.15, -0.1) is 0 Å². The molecule has 3 amide bonds. The van der Waals surface area contributed by atoms with Gasteiger partial charge in [0.1, 0.15) is 0 Å². The SMILES string of the molecule is O=C(CCNC(=O)N1CCN(S(=O)(=O)c2cccc(C(F)(F)F)c2)CC1)N1CCCCCC1. The van der Waals surface area contributed by atoms with Crippen molar-refractivity contribution in [2.45, 2.75) is 43.2 Å². The first-order valence-electron chi connectivity index (χ1n) is 11.1. The number of alkyl halides is 3. The number of urea groups is 1. The fourth-order valence-corrected chi connectivity index (χ4v) is 5.45. The summed E-state index contributed by atoms with van der Waals surface area (Å²) in [5.41, 5.74) is -1.03. The number of sulfonamides is 1. The van der Waals surface area contributed by atoms with E-state index in [1.165, 1.54) is 4.90 Å². The van der Waals surface area contributed by atoms with Crippen LogP contribution >= 0.6 is 0 Å². The molecule has 1 aromatic rings. The third-order valence-electron chi connectivity index (χ3n) is 5.90. The van der Waals surface area contributed by atoms with Crippen LogP contribution in [0.4, 0.5) is 18.0 Å². The topological polar surface area (TPSA) is 90.0 Å². The Morgan fingerprint density at radius 2 is 1.55 bits per heavy atom. The van der Waals surface area contributed by atoms with Gasteiger partial charge in [-0.05, 0) is 31.0 Å². The Morgan fingerprint density at radius 1 is 0.909 bits per heavy atom. The third kappa shape index (κ3) is 6.59. The van der Waals surface area contributed by atoms with Gasteiger partial charge in [0, 0.05) is 52.2 Å². The Kier molecular flexibility index (Phi) is 8.22. The number of rotatable bonds is 5. The number of carbonyl (C=O) groups excluding carboxylic acids is 2. The van der Waals surface area contributed by atoms with Crippen LogP contribution in [0.1, 0.15) is 37.7 Å². The van der Waals surface area contributed by atoms with Crippen LogP contribution in [-0.2, 0) is 21.0 Å². The van der Waals surface area contributed by atoms with Crippen molar-refractivity contribution in [3.8, 4) is 0 Å². The summed E-state index contributed by atoms with van der Waals surface area (Å²) in [7, 11) is -4.11. The molecule has 0 bridgehead atoms. The maximum absolute atomic E-state index is 12.9. The van der Waals surface area contributed by atoms with Crippen LogP contribution in [0.15, 0.2) is 29.2 Å². The Morgan fingerprint density at radius 3 is 2.15 bits per heavy atom. The number of carbonyl (C=O) groups is 2. The number of hydrogen-bond acceptors (Lipinski definition) is 4. The molecule has 0 unspecified atom stereocenters. The van der Waals surface area contributed by atoms with Crippen molar-refractivity contribution in [1.82, 2.24) is 19.4 Å². The van der Waals surface area contributed by atoms with E-state index in [4.69, 9.17) is 0 Å². The quantitative estimate of drug-likeness (QED) is 0.687. The molecule has 3 rings (SSSR count). The lowest BCUT2D eigenvalue weighted by Crippen LogP contribution is -2.53. The van der Waals surface area contributed by atoms with Crippen molar-refractivity contribution < 1.29 is 31.2 Å². The van der Waals surface area contributed by atoms with E-state index in [-0.39, 0.29) is 45.1 Å². The minimum absolute atomic E-state index is 0.00852. The first kappa shape index (κ1) is 25.3. The van der Waals surface area contributed by atoms with Crippen molar-refractivity contribution in [3.05, 3.63) is 29.8 Å². The smallest absolute Gasteiger partial charge is 0.343 e. The predicted octanol–water partition coefficient (Wildman–Crippen LogP) is 2.51. The van der Waals surface area contributed by atoms with Crippen LogP contribution in [0.5, 0.6) is 0 Å². The molecule has 1 N–H and O–H groups in total. The summed E-state index contributed by atoms with van der Waals surface area (Å²) in [6.45, 7) is 1.83. The number of piperazine rings is 1. The van der Waals surface area contributed by atoms with Gasteiger partial charge in [-0.2, -0.15) is 17.5 Å². The van der Waals surface area contributed by atoms with Gasteiger partial charge in [0.05, 0.1) is 10.5 Å². The van der Waals surface area contributed by atoms with Gasteiger partial charge in [0.2, 0.25) is 15.9 Å². The zero-order valence-electron chi connectivity index (χ0n) is 18.3. The maximum atomic E-state index is 12.9. The molecule has 0 saturated carbocycles. The highest BCUT2D eigenvalue weighted by Gasteiger charge is 2.34. The van der Waals surface area contributed by atoms with E-state index in [0.717, 1.165) is 61.3 Å². The van der Waals surface area contributed by atoms with E-state index in [1.807, 2.05) is 4.90 Å². The van der Waals surface area contributed by atoms with Gasteiger partial charge in [-0.25, -0.2) is 13.2 Å². The standard InChI is InChI=1S/C21H29F3N4O4S/c22-21(23,24)17-6-5-7-18(16-17)33(31,32)28-14-12-27(13-15-28)20(30)25-9-8-19(29)26-10-3-1-2-4-11-26/h5-7,16H,1-4,8-15H2,(H,25,30). The third-order valence-corrected chi connectivity index (χ3v) is 7.79. The predicted molar refractivity (Wildman–Crippen MR) is 115 cm³/mol. The lowest BCUT2D eigenvalue weighted by atomic mass is 10.2. The summed E-state index contributed by atoms with van der Waals surface area (Å²) in [4.78, 5) is 27.5. The van der Waals surface area contributed by atoms with E-state index in [1.54, 1.807) is 0 Å². The summed E-state index contributed by atoms with van der Waals surface area (Å²) < 4.78 is 65.4. The molecule has 2 aliphatic rings. The highest BCUT2D eigenvalue weighted by atomic mass is 32.2. The average Bonchev–Trinajstić information content (AvgIpc) is 3.08. The van der Waals surface area contributed by atoms with Crippen molar-refractivity contribution in [2.75, 3.05) is 45.8 Å². The molecule has 2 heterocycles. The number of amides is 3. The molecule has 12 heteroatoms. The van der Waals surface area contributed by atoms with Crippen LogP contribution in [-0.4, -0.2) is 80.3 Å². The van der Waals surface area contributed by atoms with E-state index in [0.29, 0.717) is 6.07 Å². The molecule has 0 atom stereocenters. The lowest BCUT2D eigenvalue weighted by molar-refractivity contribution is -0.137. The molecular formula is C21H29F3N4O4S. The zero-order chi connectivity index (χ0) is 24.1. The molecule has 0 aromatic heterocycles. The summed E-state index contributed by atoms with van der Waals surface area (Å²) >= 11 is 0. The molecule has 2 fully saturated rings. The van der Waals surface area contributed by atoms with E-state index < -0.39 is 32.7 Å². The molecule has 0 spiro atoms. The number of halogens is 3. The second-order valence-electron chi connectivity index (χ2n) is 8.19. The lowest BCUT2D eigenvalue weighted by Gasteiger charge is -2.34. The summed E-state index contributed by atoms with van der Waals surface area (Å²) in [5.74, 6) is 0.00852. The van der Waals surface area contributed by atoms with Crippen LogP contribution in [0.25, 0.3) is 0 Å². The largest absolute Gasteiger partial charge is 0.416 e. The van der Waals surface area contributed by atoms with Crippen LogP contribution in [0, 0.1) is 0 Å². The molecule has 1 aromatic carbocycles. The molecule has 0 radical (unpaired) electrons. The molecular weight excluding hydrogens is 461 g/mol. The molecule has 2 saturated heterocycles. The zero-order valence-corrected chi connectivity index (χ0v) is 19.1. The Bertz CT molecular complexity index is 939. The van der Waals surface area contributed by atoms with Crippen molar-refractivity contribution in [2.24, 2.45) is 0 Å². The van der Waals surface area contributed by atoms with Crippen molar-refractivity contribution >= 4 is 22.0 Å². The van der Waals surface area contributed by atoms with E-state index in [9.17, 15) is 31.2 Å². The van der Waals surface area contributed by atoms with Crippen LogP contribution in [0.2, 0.25) is 0 Å². The van der Waals surface area contributed by atoms with Crippen LogP contribution in [0.3, 0.4) is 0 Å². The first-order valence-corrected chi connectivity index (χ1v) is 12.5. The van der Waals surface area contributed by atoms with Crippen molar-refractivity contribution in [3.63, 3.8) is 0 Å². The molecule has 0 aliphatic carbocycles. The molecule has 33 heavy (non-hydrogen) atoms. The Labute approximate surface area is 191 Å². The van der Waals surface area contributed by atoms with Gasteiger partial charge in [0.15, 0.2) is 0 Å². The first-order chi connectivity index (χ1) is 15.6. The fourth-order valence-electron chi connectivity index (χ4n) is 3.98. The number of likely N-dealkylation sites (tertiary alicyclic amines) is 1. The Balaban J connectivity index is 1.48. The van der Waals surface area contributed by atoms with Gasteiger partial charge in [-0.3, -0.25) is 4.79 Å². The van der Waals surface area contributed by atoms with E-state index >= 15 is 0 Å². The number of nitrogens with one attached hydrogen (secondary N) is 1. The molecule has 2 aliphatic heterocycles. The fraction of sp³-hybridized carbons (Fsp3) is 0.619. The second kappa shape index (κ2) is 10.7. The second-order valence-corrected chi connectivity index (χ2v) is 10.1. The highest BCUT2D eigenvalue weighted by molar-refractivity contribution is 7.89. The number of hydrogen-bond donors (Lipinski definition) is 1. The average molecular weight is 491 g/mol. The van der Waals surface area contributed by atoms with Crippen molar-refractivity contribution in [1.29, 1.82) is 0 Å². The van der Waals surface area contributed by atoms with Gasteiger partial charge in [0.25, 0.3) is 0 Å². The molecule has 184 valence electrons. The van der Waals surface area contributed by atoms with Gasteiger partial charge >= 0.3 is 12.2 Å². The minimum Gasteiger partial charge on any atom is -0.343 e. The minimum atomic E-state index is -4.64.